The van der Waals surface area contributed by atoms with E-state index >= 15 is 0 Å². The fraction of sp³-hybridized carbons (Fsp3) is 0.333. The third-order valence-corrected chi connectivity index (χ3v) is 9.50. The van der Waals surface area contributed by atoms with Crippen molar-refractivity contribution in [1.82, 2.24) is 10.2 Å². The molecule has 0 saturated heterocycles. The van der Waals surface area contributed by atoms with Gasteiger partial charge in [0.2, 0.25) is 11.8 Å². The average molecular weight is 639 g/mol. The lowest BCUT2D eigenvalue weighted by atomic mass is 10.1. The summed E-state index contributed by atoms with van der Waals surface area (Å²) in [4.78, 5) is 28.9. The van der Waals surface area contributed by atoms with Gasteiger partial charge in [-0.15, -0.1) is 0 Å². The van der Waals surface area contributed by atoms with Crippen molar-refractivity contribution in [2.45, 2.75) is 64.1 Å². The van der Waals surface area contributed by atoms with E-state index in [-0.39, 0.29) is 29.8 Å². The zero-order valence-electron chi connectivity index (χ0n) is 23.4. The van der Waals surface area contributed by atoms with E-state index in [0.29, 0.717) is 32.7 Å². The van der Waals surface area contributed by atoms with Crippen molar-refractivity contribution in [3.8, 4) is 0 Å². The Labute approximate surface area is 257 Å². The van der Waals surface area contributed by atoms with Gasteiger partial charge < -0.3 is 10.2 Å². The second-order valence-electron chi connectivity index (χ2n) is 9.77. The summed E-state index contributed by atoms with van der Waals surface area (Å²) in [5, 5.41) is 3.98. The first-order valence-corrected chi connectivity index (χ1v) is 15.8. The highest BCUT2D eigenvalue weighted by Gasteiger charge is 2.34. The van der Waals surface area contributed by atoms with Crippen LogP contribution in [0.2, 0.25) is 15.1 Å². The molecule has 3 rings (SSSR count). The van der Waals surface area contributed by atoms with Crippen LogP contribution >= 0.6 is 34.8 Å². The van der Waals surface area contributed by atoms with E-state index in [1.54, 1.807) is 43.3 Å². The Kier molecular flexibility index (Phi) is 11.5. The molecule has 0 bridgehead atoms. The SMILES string of the molecule is CC[C@@H](C)NC(=O)[C@@H](CC)N(Cc1c(Cl)cccc1Cl)C(=O)CN(c1cccc(C)c1)S(=O)(=O)c1ccc(Cl)cc1. The first-order chi connectivity index (χ1) is 19.4. The van der Waals surface area contributed by atoms with Crippen LogP contribution in [0.4, 0.5) is 5.69 Å². The molecule has 0 aromatic heterocycles. The van der Waals surface area contributed by atoms with Crippen LogP contribution in [0.3, 0.4) is 0 Å². The van der Waals surface area contributed by atoms with Gasteiger partial charge in [0.1, 0.15) is 12.6 Å². The van der Waals surface area contributed by atoms with E-state index in [1.165, 1.54) is 29.2 Å². The molecule has 0 saturated carbocycles. The maximum atomic E-state index is 14.2. The summed E-state index contributed by atoms with van der Waals surface area (Å²) in [6, 6.07) is 16.5. The number of halogens is 3. The predicted molar refractivity (Wildman–Crippen MR) is 166 cm³/mol. The van der Waals surface area contributed by atoms with E-state index in [9.17, 15) is 18.0 Å². The molecule has 0 aliphatic carbocycles. The summed E-state index contributed by atoms with van der Waals surface area (Å²) in [6.45, 7) is 6.78. The molecule has 3 aromatic rings. The third kappa shape index (κ3) is 8.16. The molecule has 41 heavy (non-hydrogen) atoms. The fourth-order valence-electron chi connectivity index (χ4n) is 4.26. The van der Waals surface area contributed by atoms with Crippen molar-refractivity contribution in [3.63, 3.8) is 0 Å². The van der Waals surface area contributed by atoms with Crippen LogP contribution in [0, 0.1) is 6.92 Å². The Balaban J connectivity index is 2.10. The van der Waals surface area contributed by atoms with Gasteiger partial charge in [0.25, 0.3) is 10.0 Å². The van der Waals surface area contributed by atoms with Gasteiger partial charge in [0, 0.05) is 33.2 Å². The zero-order valence-corrected chi connectivity index (χ0v) is 26.5. The van der Waals surface area contributed by atoms with Crippen molar-refractivity contribution >= 4 is 62.3 Å². The summed E-state index contributed by atoms with van der Waals surface area (Å²) in [5.41, 5.74) is 1.58. The van der Waals surface area contributed by atoms with Crippen molar-refractivity contribution in [2.75, 3.05) is 10.8 Å². The van der Waals surface area contributed by atoms with Crippen LogP contribution in [-0.2, 0) is 26.2 Å². The predicted octanol–water partition coefficient (Wildman–Crippen LogP) is 6.87. The number of benzene rings is 3. The van der Waals surface area contributed by atoms with Crippen molar-refractivity contribution in [3.05, 3.63) is 92.9 Å². The lowest BCUT2D eigenvalue weighted by Crippen LogP contribution is -2.53. The van der Waals surface area contributed by atoms with Crippen LogP contribution in [0.15, 0.2) is 71.6 Å². The molecule has 2 amide bonds. The second-order valence-corrected chi connectivity index (χ2v) is 12.9. The maximum absolute atomic E-state index is 14.2. The van der Waals surface area contributed by atoms with Gasteiger partial charge in [-0.25, -0.2) is 8.42 Å². The quantitative estimate of drug-likeness (QED) is 0.235. The van der Waals surface area contributed by atoms with Crippen LogP contribution in [0.25, 0.3) is 0 Å². The third-order valence-electron chi connectivity index (χ3n) is 6.75. The molecule has 0 unspecified atom stereocenters. The lowest BCUT2D eigenvalue weighted by Gasteiger charge is -2.34. The minimum absolute atomic E-state index is 0.0292. The number of carbonyl (C=O) groups excluding carboxylic acids is 2. The highest BCUT2D eigenvalue weighted by molar-refractivity contribution is 7.92. The van der Waals surface area contributed by atoms with Gasteiger partial charge in [-0.3, -0.25) is 13.9 Å². The van der Waals surface area contributed by atoms with E-state index in [4.69, 9.17) is 34.8 Å². The van der Waals surface area contributed by atoms with Crippen molar-refractivity contribution in [2.24, 2.45) is 0 Å². The Morgan fingerprint density at radius 1 is 0.902 bits per heavy atom. The Hall–Kier alpha value is -2.78. The highest BCUT2D eigenvalue weighted by Crippen LogP contribution is 2.29. The van der Waals surface area contributed by atoms with Gasteiger partial charge in [-0.1, -0.05) is 66.8 Å². The van der Waals surface area contributed by atoms with Crippen LogP contribution in [0.1, 0.15) is 44.7 Å². The number of hydrogen-bond acceptors (Lipinski definition) is 4. The number of amides is 2. The molecular weight excluding hydrogens is 605 g/mol. The number of nitrogens with zero attached hydrogens (tertiary/aromatic N) is 2. The first kappa shape index (κ1) is 32.7. The zero-order chi connectivity index (χ0) is 30.3. The van der Waals surface area contributed by atoms with Gasteiger partial charge >= 0.3 is 0 Å². The standard InChI is InChI=1S/C30H34Cl3N3O4S/c1-5-21(4)34-30(38)28(6-2)35(18-25-26(32)11-8-12-27(25)33)29(37)19-36(23-10-7-9-20(3)17-23)41(39,40)24-15-13-22(31)14-16-24/h7-17,21,28H,5-6,18-19H2,1-4H3,(H,34,38)/t21-,28-/m1/s1. The minimum atomic E-state index is -4.21. The van der Waals surface area contributed by atoms with E-state index in [0.717, 1.165) is 9.87 Å². The molecule has 0 fully saturated rings. The number of aryl methyl sites for hydroxylation is 1. The van der Waals surface area contributed by atoms with Crippen LogP contribution in [0.5, 0.6) is 0 Å². The van der Waals surface area contributed by atoms with E-state index < -0.39 is 28.5 Å². The van der Waals surface area contributed by atoms with Gasteiger partial charge in [-0.05, 0) is 80.8 Å². The highest BCUT2D eigenvalue weighted by atomic mass is 35.5. The summed E-state index contributed by atoms with van der Waals surface area (Å²) in [7, 11) is -4.21. The summed E-state index contributed by atoms with van der Waals surface area (Å²) in [6.07, 6.45) is 0.984. The van der Waals surface area contributed by atoms with Crippen LogP contribution < -0.4 is 9.62 Å². The number of carbonyl (C=O) groups is 2. The molecule has 7 nitrogen and oxygen atoms in total. The van der Waals surface area contributed by atoms with Gasteiger partial charge in [-0.2, -0.15) is 0 Å². The molecular formula is C30H34Cl3N3O4S. The summed E-state index contributed by atoms with van der Waals surface area (Å²) >= 11 is 18.9. The molecule has 0 heterocycles. The Bertz CT molecular complexity index is 1460. The largest absolute Gasteiger partial charge is 0.352 e. The number of sulfonamides is 1. The topological polar surface area (TPSA) is 86.8 Å². The number of anilines is 1. The molecule has 0 spiro atoms. The summed E-state index contributed by atoms with van der Waals surface area (Å²) in [5.74, 6) is -0.938. The van der Waals surface area contributed by atoms with E-state index in [2.05, 4.69) is 5.32 Å². The monoisotopic (exact) mass is 637 g/mol. The summed E-state index contributed by atoms with van der Waals surface area (Å²) < 4.78 is 28.9. The molecule has 0 aliphatic heterocycles. The normalized spacial score (nSPS) is 12.9. The maximum Gasteiger partial charge on any atom is 0.264 e. The molecule has 220 valence electrons. The molecule has 3 aromatic carbocycles. The second kappa shape index (κ2) is 14.4. The number of hydrogen-bond donors (Lipinski definition) is 1. The number of rotatable bonds is 12. The lowest BCUT2D eigenvalue weighted by molar-refractivity contribution is -0.140. The first-order valence-electron chi connectivity index (χ1n) is 13.3. The van der Waals surface area contributed by atoms with Crippen LogP contribution in [-0.4, -0.2) is 43.8 Å². The Morgan fingerprint density at radius 3 is 2.07 bits per heavy atom. The molecule has 0 radical (unpaired) electrons. The smallest absolute Gasteiger partial charge is 0.264 e. The fourth-order valence-corrected chi connectivity index (χ4v) is 6.31. The molecule has 2 atom stereocenters. The van der Waals surface area contributed by atoms with Gasteiger partial charge in [0.05, 0.1) is 10.6 Å². The van der Waals surface area contributed by atoms with E-state index in [1.807, 2.05) is 26.8 Å². The molecule has 11 heteroatoms. The average Bonchev–Trinajstić information content (AvgIpc) is 2.93. The molecule has 0 aliphatic rings. The van der Waals surface area contributed by atoms with Crippen molar-refractivity contribution < 1.29 is 18.0 Å². The van der Waals surface area contributed by atoms with Crippen molar-refractivity contribution in [1.29, 1.82) is 0 Å². The molecule has 1 N–H and O–H groups in total. The number of nitrogens with one attached hydrogen (secondary N) is 1. The minimum Gasteiger partial charge on any atom is -0.352 e. The van der Waals surface area contributed by atoms with Gasteiger partial charge in [0.15, 0.2) is 0 Å². The Morgan fingerprint density at radius 2 is 1.51 bits per heavy atom.